The van der Waals surface area contributed by atoms with Crippen LogP contribution < -0.4 is 5.32 Å². The summed E-state index contributed by atoms with van der Waals surface area (Å²) in [6, 6.07) is 8.84. The van der Waals surface area contributed by atoms with E-state index in [1.54, 1.807) is 24.3 Å². The highest BCUT2D eigenvalue weighted by Gasteiger charge is 2.10. The van der Waals surface area contributed by atoms with Crippen LogP contribution in [0, 0.1) is 0 Å². The number of carboxylic acids is 1. The third-order valence-electron chi connectivity index (χ3n) is 1.96. The Labute approximate surface area is 87.2 Å². The molecule has 4 heteroatoms. The number of carbonyl (C=O) groups is 2. The number of carbonyl (C=O) groups excluding carboxylic acids is 1. The highest BCUT2D eigenvalue weighted by Crippen LogP contribution is 2.15. The smallest absolute Gasteiger partial charge is 0.333 e. The second kappa shape index (κ2) is 4.95. The molecule has 4 nitrogen and oxygen atoms in total. The van der Waals surface area contributed by atoms with Gasteiger partial charge in [-0.3, -0.25) is 4.79 Å². The number of carboxylic acid groups (broad SMARTS) is 1. The zero-order chi connectivity index (χ0) is 11.3. The van der Waals surface area contributed by atoms with Gasteiger partial charge in [0.15, 0.2) is 0 Å². The SMILES string of the molecule is C/C(C(=O)O)=C(/NC=O)c1ccccc1. The van der Waals surface area contributed by atoms with Gasteiger partial charge in [-0.1, -0.05) is 30.3 Å². The summed E-state index contributed by atoms with van der Waals surface area (Å²) in [5, 5.41) is 11.2. The maximum absolute atomic E-state index is 10.8. The Balaban J connectivity index is 3.20. The molecule has 0 fully saturated rings. The lowest BCUT2D eigenvalue weighted by Gasteiger charge is -2.08. The van der Waals surface area contributed by atoms with Gasteiger partial charge in [0.2, 0.25) is 6.41 Å². The van der Waals surface area contributed by atoms with Crippen molar-refractivity contribution in [2.24, 2.45) is 0 Å². The van der Waals surface area contributed by atoms with Crippen LogP contribution in [0.2, 0.25) is 0 Å². The molecule has 0 aliphatic carbocycles. The van der Waals surface area contributed by atoms with E-state index in [4.69, 9.17) is 5.11 Å². The van der Waals surface area contributed by atoms with Crippen LogP contribution in [-0.2, 0) is 9.59 Å². The van der Waals surface area contributed by atoms with Gasteiger partial charge in [-0.15, -0.1) is 0 Å². The predicted octanol–water partition coefficient (Wildman–Crippen LogP) is 1.25. The number of rotatable bonds is 4. The van der Waals surface area contributed by atoms with E-state index >= 15 is 0 Å². The predicted molar refractivity (Wildman–Crippen MR) is 55.9 cm³/mol. The zero-order valence-electron chi connectivity index (χ0n) is 8.23. The average molecular weight is 205 g/mol. The Hall–Kier alpha value is -2.10. The molecule has 15 heavy (non-hydrogen) atoms. The number of amides is 1. The minimum atomic E-state index is -1.05. The van der Waals surface area contributed by atoms with Gasteiger partial charge in [0.25, 0.3) is 0 Å². The first kappa shape index (κ1) is 11.0. The largest absolute Gasteiger partial charge is 0.478 e. The van der Waals surface area contributed by atoms with Crippen LogP contribution in [0.5, 0.6) is 0 Å². The van der Waals surface area contributed by atoms with Crippen molar-refractivity contribution in [2.45, 2.75) is 6.92 Å². The molecule has 0 aliphatic rings. The van der Waals surface area contributed by atoms with Gasteiger partial charge in [0.05, 0.1) is 11.3 Å². The summed E-state index contributed by atoms with van der Waals surface area (Å²) in [6.45, 7) is 1.45. The molecule has 1 rings (SSSR count). The van der Waals surface area contributed by atoms with Crippen molar-refractivity contribution in [1.82, 2.24) is 5.32 Å². The van der Waals surface area contributed by atoms with Crippen LogP contribution >= 0.6 is 0 Å². The topological polar surface area (TPSA) is 66.4 Å². The maximum atomic E-state index is 10.8. The van der Waals surface area contributed by atoms with Crippen LogP contribution in [0.1, 0.15) is 12.5 Å². The zero-order valence-corrected chi connectivity index (χ0v) is 8.23. The number of nitrogens with one attached hydrogen (secondary N) is 1. The lowest BCUT2D eigenvalue weighted by molar-refractivity contribution is -0.132. The lowest BCUT2D eigenvalue weighted by atomic mass is 10.1. The second-order valence-electron chi connectivity index (χ2n) is 2.93. The van der Waals surface area contributed by atoms with E-state index in [1.807, 2.05) is 6.07 Å². The number of hydrogen-bond acceptors (Lipinski definition) is 2. The third-order valence-corrected chi connectivity index (χ3v) is 1.96. The molecule has 0 radical (unpaired) electrons. The minimum Gasteiger partial charge on any atom is -0.478 e. The highest BCUT2D eigenvalue weighted by molar-refractivity contribution is 5.96. The van der Waals surface area contributed by atoms with Gasteiger partial charge in [0.1, 0.15) is 0 Å². The molecular weight excluding hydrogens is 194 g/mol. The fraction of sp³-hybridized carbons (Fsp3) is 0.0909. The number of hydrogen-bond donors (Lipinski definition) is 2. The molecule has 0 atom stereocenters. The Morgan fingerprint density at radius 3 is 2.40 bits per heavy atom. The molecule has 1 aromatic carbocycles. The summed E-state index contributed by atoms with van der Waals surface area (Å²) in [4.78, 5) is 21.2. The highest BCUT2D eigenvalue weighted by atomic mass is 16.4. The quantitative estimate of drug-likeness (QED) is 0.574. The van der Waals surface area contributed by atoms with Crippen molar-refractivity contribution in [2.75, 3.05) is 0 Å². The first-order valence-electron chi connectivity index (χ1n) is 4.36. The first-order valence-corrected chi connectivity index (χ1v) is 4.36. The molecule has 1 aromatic rings. The summed E-state index contributed by atoms with van der Waals surface area (Å²) >= 11 is 0. The van der Waals surface area contributed by atoms with Crippen molar-refractivity contribution >= 4 is 18.1 Å². The molecule has 0 spiro atoms. The van der Waals surface area contributed by atoms with E-state index in [-0.39, 0.29) is 5.57 Å². The summed E-state index contributed by atoms with van der Waals surface area (Å²) in [5.74, 6) is -1.05. The second-order valence-corrected chi connectivity index (χ2v) is 2.93. The van der Waals surface area contributed by atoms with Crippen LogP contribution in [-0.4, -0.2) is 17.5 Å². The van der Waals surface area contributed by atoms with E-state index < -0.39 is 5.97 Å². The molecular formula is C11H11NO3. The summed E-state index contributed by atoms with van der Waals surface area (Å²) in [5.41, 5.74) is 1.09. The molecule has 0 aromatic heterocycles. The van der Waals surface area contributed by atoms with E-state index in [2.05, 4.69) is 5.32 Å². The minimum absolute atomic E-state index is 0.105. The summed E-state index contributed by atoms with van der Waals surface area (Å²) in [7, 11) is 0. The monoisotopic (exact) mass is 205 g/mol. The standard InChI is InChI=1S/C11H11NO3/c1-8(11(14)15)10(12-7-13)9-5-3-2-4-6-9/h2-7H,1H3,(H,12,13)(H,14,15)/b10-8-. The molecule has 78 valence electrons. The van der Waals surface area contributed by atoms with Crippen molar-refractivity contribution in [1.29, 1.82) is 0 Å². The summed E-state index contributed by atoms with van der Waals surface area (Å²) in [6.07, 6.45) is 0.467. The van der Waals surface area contributed by atoms with Crippen LogP contribution in [0.15, 0.2) is 35.9 Å². The van der Waals surface area contributed by atoms with Crippen molar-refractivity contribution in [3.8, 4) is 0 Å². The van der Waals surface area contributed by atoms with Crippen molar-refractivity contribution in [3.05, 3.63) is 41.5 Å². The van der Waals surface area contributed by atoms with Gasteiger partial charge in [0, 0.05) is 0 Å². The Morgan fingerprint density at radius 2 is 1.93 bits per heavy atom. The van der Waals surface area contributed by atoms with Gasteiger partial charge in [-0.2, -0.15) is 0 Å². The molecule has 2 N–H and O–H groups in total. The molecule has 0 bridgehead atoms. The van der Waals surface area contributed by atoms with Crippen molar-refractivity contribution in [3.63, 3.8) is 0 Å². The Bertz CT molecular complexity index is 396. The van der Waals surface area contributed by atoms with Crippen LogP contribution in [0.25, 0.3) is 5.70 Å². The van der Waals surface area contributed by atoms with E-state index in [0.29, 0.717) is 17.7 Å². The Morgan fingerprint density at radius 1 is 1.33 bits per heavy atom. The molecule has 1 amide bonds. The fourth-order valence-corrected chi connectivity index (χ4v) is 1.18. The normalized spacial score (nSPS) is 11.5. The van der Waals surface area contributed by atoms with Crippen molar-refractivity contribution < 1.29 is 14.7 Å². The van der Waals surface area contributed by atoms with Gasteiger partial charge < -0.3 is 10.4 Å². The molecule has 0 unspecified atom stereocenters. The molecule has 0 heterocycles. The molecule has 0 aliphatic heterocycles. The fourth-order valence-electron chi connectivity index (χ4n) is 1.18. The van der Waals surface area contributed by atoms with Gasteiger partial charge in [-0.05, 0) is 12.5 Å². The van der Waals surface area contributed by atoms with Crippen LogP contribution in [0.4, 0.5) is 0 Å². The van der Waals surface area contributed by atoms with Crippen LogP contribution in [0.3, 0.4) is 0 Å². The Kier molecular flexibility index (Phi) is 3.62. The lowest BCUT2D eigenvalue weighted by Crippen LogP contribution is -2.14. The van der Waals surface area contributed by atoms with E-state index in [1.165, 1.54) is 6.92 Å². The van der Waals surface area contributed by atoms with E-state index in [0.717, 1.165) is 0 Å². The number of benzene rings is 1. The van der Waals surface area contributed by atoms with Gasteiger partial charge in [-0.25, -0.2) is 4.79 Å². The van der Waals surface area contributed by atoms with E-state index in [9.17, 15) is 9.59 Å². The molecule has 0 saturated heterocycles. The summed E-state index contributed by atoms with van der Waals surface area (Å²) < 4.78 is 0. The third kappa shape index (κ3) is 2.67. The first-order chi connectivity index (χ1) is 7.16. The average Bonchev–Trinajstić information content (AvgIpc) is 2.26. The maximum Gasteiger partial charge on any atom is 0.333 e. The van der Waals surface area contributed by atoms with Gasteiger partial charge >= 0.3 is 5.97 Å². The molecule has 0 saturated carbocycles. The number of aliphatic carboxylic acids is 1.